The molecule has 3 aromatic rings. The minimum Gasteiger partial charge on any atom is -0.486 e. The molecule has 0 bridgehead atoms. The van der Waals surface area contributed by atoms with Crippen molar-refractivity contribution in [2.24, 2.45) is 0 Å². The summed E-state index contributed by atoms with van der Waals surface area (Å²) in [5, 5.41) is 3.03. The Morgan fingerprint density at radius 2 is 1.62 bits per heavy atom. The van der Waals surface area contributed by atoms with Crippen molar-refractivity contribution >= 4 is 17.5 Å². The summed E-state index contributed by atoms with van der Waals surface area (Å²) in [4.78, 5) is 28.1. The van der Waals surface area contributed by atoms with E-state index < -0.39 is 0 Å². The number of fused-ring (bicyclic) bond motifs is 1. The first-order chi connectivity index (χ1) is 16.4. The van der Waals surface area contributed by atoms with Crippen LogP contribution >= 0.6 is 0 Å². The zero-order valence-electron chi connectivity index (χ0n) is 19.8. The van der Waals surface area contributed by atoms with E-state index in [0.717, 1.165) is 54.3 Å². The van der Waals surface area contributed by atoms with Crippen LogP contribution in [0.1, 0.15) is 50.5 Å². The van der Waals surface area contributed by atoms with Crippen LogP contribution in [0, 0.1) is 20.8 Å². The first-order valence-electron chi connectivity index (χ1n) is 11.7. The summed E-state index contributed by atoms with van der Waals surface area (Å²) in [5.41, 5.74) is 5.34. The predicted molar refractivity (Wildman–Crippen MR) is 131 cm³/mol. The Morgan fingerprint density at radius 1 is 0.882 bits per heavy atom. The van der Waals surface area contributed by atoms with Crippen LogP contribution in [0.3, 0.4) is 0 Å². The van der Waals surface area contributed by atoms with Crippen LogP contribution in [0.4, 0.5) is 5.69 Å². The molecule has 2 aliphatic heterocycles. The summed E-state index contributed by atoms with van der Waals surface area (Å²) in [6.45, 7) is 8.44. The molecular formula is C27H29N3O4. The summed E-state index contributed by atoms with van der Waals surface area (Å²) < 4.78 is 13.4. The molecule has 0 spiro atoms. The van der Waals surface area contributed by atoms with E-state index in [1.165, 1.54) is 0 Å². The highest BCUT2D eigenvalue weighted by Crippen LogP contribution is 2.33. The number of carbonyl (C=O) groups excluding carboxylic acids is 2. The number of nitrogens with zero attached hydrogens (tertiary/aromatic N) is 2. The van der Waals surface area contributed by atoms with Gasteiger partial charge in [0.25, 0.3) is 11.8 Å². The van der Waals surface area contributed by atoms with Crippen LogP contribution in [0.2, 0.25) is 0 Å². The van der Waals surface area contributed by atoms with Gasteiger partial charge in [0.15, 0.2) is 11.5 Å². The van der Waals surface area contributed by atoms with Crippen LogP contribution < -0.4 is 14.8 Å². The molecule has 2 aromatic carbocycles. The maximum absolute atomic E-state index is 13.3. The number of aryl methyl sites for hydroxylation is 1. The smallest absolute Gasteiger partial charge is 0.257 e. The van der Waals surface area contributed by atoms with Gasteiger partial charge in [-0.1, -0.05) is 6.07 Å². The second-order valence-electron chi connectivity index (χ2n) is 8.88. The zero-order chi connectivity index (χ0) is 23.8. The second kappa shape index (κ2) is 8.89. The SMILES string of the molecule is Cc1c(NC(=O)c2cc(C)n(-c3ccc4c(c3)OCCO4)c2C)cccc1C(=O)N1CCCC1. The molecule has 0 unspecified atom stereocenters. The molecule has 2 amide bonds. The first-order valence-corrected chi connectivity index (χ1v) is 11.7. The lowest BCUT2D eigenvalue weighted by Crippen LogP contribution is -2.28. The normalized spacial score (nSPS) is 14.9. The van der Waals surface area contributed by atoms with Gasteiger partial charge in [0.05, 0.1) is 5.56 Å². The minimum atomic E-state index is -0.203. The fraction of sp³-hybridized carbons (Fsp3) is 0.333. The monoisotopic (exact) mass is 459 g/mol. The summed E-state index contributed by atoms with van der Waals surface area (Å²) in [5.74, 6) is 1.26. The maximum Gasteiger partial charge on any atom is 0.257 e. The number of nitrogens with one attached hydrogen (secondary N) is 1. The molecule has 0 saturated carbocycles. The van der Waals surface area contributed by atoms with E-state index in [9.17, 15) is 9.59 Å². The van der Waals surface area contributed by atoms with Gasteiger partial charge >= 0.3 is 0 Å². The van der Waals surface area contributed by atoms with Gasteiger partial charge < -0.3 is 24.3 Å². The summed E-state index contributed by atoms with van der Waals surface area (Å²) in [7, 11) is 0. The number of anilines is 1. The Kier molecular flexibility index (Phi) is 5.77. The molecule has 2 aliphatic rings. The number of hydrogen-bond donors (Lipinski definition) is 1. The second-order valence-corrected chi connectivity index (χ2v) is 8.88. The molecule has 5 rings (SSSR count). The Hall–Kier alpha value is -3.74. The lowest BCUT2D eigenvalue weighted by Gasteiger charge is -2.20. The molecule has 0 aliphatic carbocycles. The minimum absolute atomic E-state index is 0.0304. The van der Waals surface area contributed by atoms with Gasteiger partial charge in [-0.25, -0.2) is 0 Å². The van der Waals surface area contributed by atoms with E-state index in [1.54, 1.807) is 0 Å². The van der Waals surface area contributed by atoms with Crippen LogP contribution in [-0.4, -0.2) is 47.6 Å². The van der Waals surface area contributed by atoms with Crippen LogP contribution in [0.25, 0.3) is 5.69 Å². The molecule has 1 fully saturated rings. The molecule has 0 radical (unpaired) electrons. The lowest BCUT2D eigenvalue weighted by atomic mass is 10.0. The van der Waals surface area contributed by atoms with Crippen molar-refractivity contribution in [2.45, 2.75) is 33.6 Å². The molecule has 0 atom stereocenters. The number of rotatable bonds is 4. The van der Waals surface area contributed by atoms with E-state index >= 15 is 0 Å². The number of aromatic nitrogens is 1. The Balaban J connectivity index is 1.41. The fourth-order valence-corrected chi connectivity index (χ4v) is 4.84. The van der Waals surface area contributed by atoms with E-state index in [1.807, 2.05) is 72.7 Å². The highest BCUT2D eigenvalue weighted by Gasteiger charge is 2.23. The number of carbonyl (C=O) groups is 2. The van der Waals surface area contributed by atoms with E-state index in [2.05, 4.69) is 5.32 Å². The van der Waals surface area contributed by atoms with Gasteiger partial charge in [-0.05, 0) is 69.5 Å². The largest absolute Gasteiger partial charge is 0.486 e. The molecule has 7 heteroatoms. The van der Waals surface area contributed by atoms with Crippen molar-refractivity contribution in [3.05, 3.63) is 70.5 Å². The quantitative estimate of drug-likeness (QED) is 0.616. The molecule has 3 heterocycles. The average molecular weight is 460 g/mol. The van der Waals surface area contributed by atoms with Crippen LogP contribution in [0.15, 0.2) is 42.5 Å². The van der Waals surface area contributed by atoms with Crippen molar-refractivity contribution in [1.82, 2.24) is 9.47 Å². The molecule has 1 saturated heterocycles. The summed E-state index contributed by atoms with van der Waals surface area (Å²) >= 11 is 0. The molecule has 176 valence electrons. The van der Waals surface area contributed by atoms with Crippen molar-refractivity contribution in [3.63, 3.8) is 0 Å². The van der Waals surface area contributed by atoms with Gasteiger partial charge in [0.1, 0.15) is 13.2 Å². The summed E-state index contributed by atoms with van der Waals surface area (Å²) in [6.07, 6.45) is 2.08. The average Bonchev–Trinajstić information content (AvgIpc) is 3.48. The third-order valence-electron chi connectivity index (χ3n) is 6.67. The van der Waals surface area contributed by atoms with Crippen molar-refractivity contribution in [3.8, 4) is 17.2 Å². The summed E-state index contributed by atoms with van der Waals surface area (Å²) in [6, 6.07) is 13.2. The van der Waals surface area contributed by atoms with Crippen molar-refractivity contribution in [1.29, 1.82) is 0 Å². The number of amides is 2. The molecule has 1 N–H and O–H groups in total. The van der Waals surface area contributed by atoms with Gasteiger partial charge in [-0.15, -0.1) is 0 Å². The number of benzene rings is 2. The number of ether oxygens (including phenoxy) is 2. The Labute approximate surface area is 199 Å². The lowest BCUT2D eigenvalue weighted by molar-refractivity contribution is 0.0791. The van der Waals surface area contributed by atoms with Crippen LogP contribution in [-0.2, 0) is 0 Å². The highest BCUT2D eigenvalue weighted by atomic mass is 16.6. The van der Waals surface area contributed by atoms with E-state index in [4.69, 9.17) is 9.47 Å². The van der Waals surface area contributed by atoms with Gasteiger partial charge in [-0.2, -0.15) is 0 Å². The Bertz CT molecular complexity index is 1270. The van der Waals surface area contributed by atoms with Crippen LogP contribution in [0.5, 0.6) is 11.5 Å². The molecular weight excluding hydrogens is 430 g/mol. The molecule has 1 aromatic heterocycles. The van der Waals surface area contributed by atoms with Crippen molar-refractivity contribution in [2.75, 3.05) is 31.6 Å². The third kappa shape index (κ3) is 3.91. The molecule has 34 heavy (non-hydrogen) atoms. The van der Waals surface area contributed by atoms with E-state index in [-0.39, 0.29) is 11.8 Å². The first kappa shape index (κ1) is 22.1. The van der Waals surface area contributed by atoms with Crippen molar-refractivity contribution < 1.29 is 19.1 Å². The zero-order valence-corrected chi connectivity index (χ0v) is 19.8. The van der Waals surface area contributed by atoms with Gasteiger partial charge in [0.2, 0.25) is 0 Å². The predicted octanol–water partition coefficient (Wildman–Crippen LogP) is 4.66. The van der Waals surface area contributed by atoms with Gasteiger partial charge in [0, 0.05) is 47.5 Å². The number of likely N-dealkylation sites (tertiary alicyclic amines) is 1. The Morgan fingerprint density at radius 3 is 2.38 bits per heavy atom. The third-order valence-corrected chi connectivity index (χ3v) is 6.67. The maximum atomic E-state index is 13.3. The fourth-order valence-electron chi connectivity index (χ4n) is 4.84. The highest BCUT2D eigenvalue weighted by molar-refractivity contribution is 6.07. The van der Waals surface area contributed by atoms with E-state index in [0.29, 0.717) is 35.8 Å². The topological polar surface area (TPSA) is 72.8 Å². The molecule has 7 nitrogen and oxygen atoms in total. The number of hydrogen-bond acceptors (Lipinski definition) is 4. The standard InChI is InChI=1S/C27H29N3O4/c1-17-15-22(19(3)30(17)20-9-10-24-25(16-20)34-14-13-33-24)26(31)28-23-8-6-7-21(18(23)2)27(32)29-11-4-5-12-29/h6-10,15-16H,4-5,11-14H2,1-3H3,(H,28,31). The van der Waals surface area contributed by atoms with Gasteiger partial charge in [-0.3, -0.25) is 9.59 Å².